The fourth-order valence-electron chi connectivity index (χ4n) is 2.32. The topological polar surface area (TPSA) is 66.5 Å². The Kier molecular flexibility index (Phi) is 6.15. The molecule has 0 radical (unpaired) electrons. The Hall–Kier alpha value is -1.70. The number of rotatable bonds is 7. The van der Waals surface area contributed by atoms with Gasteiger partial charge in [-0.1, -0.05) is 29.8 Å². The van der Waals surface area contributed by atoms with Gasteiger partial charge in [0.1, 0.15) is 4.21 Å². The Labute approximate surface area is 147 Å². The molecular formula is C17H22N2O3S2. The molecule has 130 valence electrons. The lowest BCUT2D eigenvalue weighted by Crippen LogP contribution is -2.37. The van der Waals surface area contributed by atoms with E-state index in [2.05, 4.69) is 4.72 Å². The van der Waals surface area contributed by atoms with Crippen molar-refractivity contribution in [1.82, 2.24) is 9.62 Å². The van der Waals surface area contributed by atoms with Crippen molar-refractivity contribution >= 4 is 27.3 Å². The number of aryl methyl sites for hydroxylation is 2. The van der Waals surface area contributed by atoms with E-state index in [1.807, 2.05) is 38.1 Å². The van der Waals surface area contributed by atoms with Crippen molar-refractivity contribution in [3.8, 4) is 0 Å². The van der Waals surface area contributed by atoms with Crippen LogP contribution in [0.15, 0.2) is 40.6 Å². The number of thiophene rings is 1. The molecule has 0 saturated carbocycles. The van der Waals surface area contributed by atoms with Crippen LogP contribution in [0.2, 0.25) is 0 Å². The van der Waals surface area contributed by atoms with Crippen LogP contribution in [0.5, 0.6) is 0 Å². The van der Waals surface area contributed by atoms with Crippen LogP contribution in [-0.4, -0.2) is 32.3 Å². The predicted octanol–water partition coefficient (Wildman–Crippen LogP) is 2.69. The zero-order valence-corrected chi connectivity index (χ0v) is 15.7. The monoisotopic (exact) mass is 366 g/mol. The maximum Gasteiger partial charge on any atom is 0.250 e. The zero-order valence-electron chi connectivity index (χ0n) is 14.1. The highest BCUT2D eigenvalue weighted by Gasteiger charge is 2.17. The van der Waals surface area contributed by atoms with Crippen molar-refractivity contribution < 1.29 is 13.2 Å². The van der Waals surface area contributed by atoms with E-state index >= 15 is 0 Å². The molecule has 0 unspecified atom stereocenters. The zero-order chi connectivity index (χ0) is 17.7. The molecule has 0 aliphatic rings. The van der Waals surface area contributed by atoms with Gasteiger partial charge in [0.25, 0.3) is 0 Å². The fourth-order valence-corrected chi connectivity index (χ4v) is 4.67. The highest BCUT2D eigenvalue weighted by atomic mass is 32.2. The highest BCUT2D eigenvalue weighted by Crippen LogP contribution is 2.20. The van der Waals surface area contributed by atoms with Gasteiger partial charge < -0.3 is 4.90 Å². The van der Waals surface area contributed by atoms with Gasteiger partial charge in [0, 0.05) is 31.4 Å². The molecule has 5 nitrogen and oxygen atoms in total. The number of carbonyl (C=O) groups excluding carboxylic acids is 1. The molecule has 0 aliphatic heterocycles. The molecule has 2 rings (SSSR count). The summed E-state index contributed by atoms with van der Waals surface area (Å²) in [5.74, 6) is -0.0809. The Balaban J connectivity index is 1.95. The summed E-state index contributed by atoms with van der Waals surface area (Å²) in [5.41, 5.74) is 2.16. The molecule has 0 atom stereocenters. The molecule has 0 spiro atoms. The van der Waals surface area contributed by atoms with Crippen LogP contribution in [-0.2, 0) is 21.4 Å². The van der Waals surface area contributed by atoms with Gasteiger partial charge in [-0.3, -0.25) is 4.79 Å². The first kappa shape index (κ1) is 18.6. The van der Waals surface area contributed by atoms with E-state index in [0.717, 1.165) is 16.0 Å². The van der Waals surface area contributed by atoms with Gasteiger partial charge in [0.2, 0.25) is 15.9 Å². The molecule has 0 fully saturated rings. The molecule has 2 aromatic rings. The second kappa shape index (κ2) is 7.92. The lowest BCUT2D eigenvalue weighted by Gasteiger charge is -2.21. The van der Waals surface area contributed by atoms with E-state index in [0.29, 0.717) is 17.3 Å². The van der Waals surface area contributed by atoms with Crippen LogP contribution in [0.4, 0.5) is 0 Å². The van der Waals surface area contributed by atoms with Crippen molar-refractivity contribution in [2.45, 2.75) is 31.5 Å². The van der Waals surface area contributed by atoms with E-state index in [1.54, 1.807) is 17.0 Å². The van der Waals surface area contributed by atoms with Crippen molar-refractivity contribution in [2.75, 3.05) is 13.1 Å². The number of benzene rings is 1. The maximum absolute atomic E-state index is 12.2. The first-order valence-electron chi connectivity index (χ1n) is 7.65. The van der Waals surface area contributed by atoms with Crippen LogP contribution in [0.1, 0.15) is 22.9 Å². The second-order valence-corrected chi connectivity index (χ2v) is 8.97. The first-order chi connectivity index (χ1) is 11.3. The SMILES string of the molecule is CC(=O)N(CCNS(=O)(=O)c1ccc(C)s1)Cc1cccc(C)c1. The third kappa shape index (κ3) is 5.15. The summed E-state index contributed by atoms with van der Waals surface area (Å²) in [4.78, 5) is 14.4. The molecule has 0 saturated heterocycles. The molecule has 1 heterocycles. The molecule has 1 amide bonds. The van der Waals surface area contributed by atoms with Crippen molar-refractivity contribution in [3.63, 3.8) is 0 Å². The third-order valence-electron chi connectivity index (χ3n) is 3.56. The van der Waals surface area contributed by atoms with Gasteiger partial charge in [0.05, 0.1) is 0 Å². The van der Waals surface area contributed by atoms with Crippen LogP contribution in [0.3, 0.4) is 0 Å². The third-order valence-corrected chi connectivity index (χ3v) is 6.51. The summed E-state index contributed by atoms with van der Waals surface area (Å²) in [7, 11) is -3.51. The first-order valence-corrected chi connectivity index (χ1v) is 9.95. The number of nitrogens with one attached hydrogen (secondary N) is 1. The van der Waals surface area contributed by atoms with Crippen LogP contribution < -0.4 is 4.72 Å². The summed E-state index contributed by atoms with van der Waals surface area (Å²) in [6, 6.07) is 11.3. The summed E-state index contributed by atoms with van der Waals surface area (Å²) in [6.07, 6.45) is 0. The van der Waals surface area contributed by atoms with Crippen molar-refractivity contribution in [1.29, 1.82) is 0 Å². The fraction of sp³-hybridized carbons (Fsp3) is 0.353. The number of hydrogen-bond acceptors (Lipinski definition) is 4. The minimum Gasteiger partial charge on any atom is -0.337 e. The smallest absolute Gasteiger partial charge is 0.250 e. The van der Waals surface area contributed by atoms with Crippen LogP contribution in [0.25, 0.3) is 0 Å². The predicted molar refractivity (Wildman–Crippen MR) is 96.5 cm³/mol. The normalized spacial score (nSPS) is 11.5. The largest absolute Gasteiger partial charge is 0.337 e. The highest BCUT2D eigenvalue weighted by molar-refractivity contribution is 7.91. The minimum atomic E-state index is -3.51. The van der Waals surface area contributed by atoms with Gasteiger partial charge in [-0.15, -0.1) is 11.3 Å². The molecule has 0 bridgehead atoms. The van der Waals surface area contributed by atoms with E-state index in [-0.39, 0.29) is 12.5 Å². The van der Waals surface area contributed by atoms with Crippen molar-refractivity contribution in [2.24, 2.45) is 0 Å². The number of nitrogens with zero attached hydrogens (tertiary/aromatic N) is 1. The van der Waals surface area contributed by atoms with Crippen LogP contribution >= 0.6 is 11.3 Å². The maximum atomic E-state index is 12.2. The average Bonchev–Trinajstić information content (AvgIpc) is 2.93. The molecule has 1 aromatic carbocycles. The molecule has 1 N–H and O–H groups in total. The standard InChI is InChI=1S/C17H22N2O3S2/c1-13-5-4-6-16(11-13)12-19(15(3)20)10-9-18-24(21,22)17-8-7-14(2)23-17/h4-8,11,18H,9-10,12H2,1-3H3. The minimum absolute atomic E-state index is 0.0809. The second-order valence-electron chi connectivity index (χ2n) is 5.69. The number of sulfonamides is 1. The lowest BCUT2D eigenvalue weighted by atomic mass is 10.1. The average molecular weight is 367 g/mol. The van der Waals surface area contributed by atoms with E-state index in [9.17, 15) is 13.2 Å². The Morgan fingerprint density at radius 3 is 2.54 bits per heavy atom. The summed E-state index contributed by atoms with van der Waals surface area (Å²) in [6.45, 7) is 6.34. The van der Waals surface area contributed by atoms with E-state index in [1.165, 1.54) is 18.3 Å². The van der Waals surface area contributed by atoms with Gasteiger partial charge in [-0.05, 0) is 31.5 Å². The lowest BCUT2D eigenvalue weighted by molar-refractivity contribution is -0.129. The molecule has 0 aliphatic carbocycles. The summed E-state index contributed by atoms with van der Waals surface area (Å²) >= 11 is 1.23. The van der Waals surface area contributed by atoms with Gasteiger partial charge in [-0.2, -0.15) is 0 Å². The van der Waals surface area contributed by atoms with Gasteiger partial charge in [0.15, 0.2) is 0 Å². The van der Waals surface area contributed by atoms with Crippen LogP contribution in [0, 0.1) is 13.8 Å². The molecule has 1 aromatic heterocycles. The summed E-state index contributed by atoms with van der Waals surface area (Å²) < 4.78 is 27.3. The number of carbonyl (C=O) groups is 1. The van der Waals surface area contributed by atoms with Gasteiger partial charge >= 0.3 is 0 Å². The van der Waals surface area contributed by atoms with Crippen molar-refractivity contribution in [3.05, 3.63) is 52.4 Å². The summed E-state index contributed by atoms with van der Waals surface area (Å²) in [5, 5.41) is 0. The molecule has 7 heteroatoms. The number of hydrogen-bond donors (Lipinski definition) is 1. The Bertz CT molecular complexity index is 813. The Morgan fingerprint density at radius 2 is 1.96 bits per heavy atom. The number of amides is 1. The van der Waals surface area contributed by atoms with Gasteiger partial charge in [-0.25, -0.2) is 13.1 Å². The van der Waals surface area contributed by atoms with E-state index in [4.69, 9.17) is 0 Å². The van der Waals surface area contributed by atoms with E-state index < -0.39 is 10.0 Å². The Morgan fingerprint density at radius 1 is 1.21 bits per heavy atom. The quantitative estimate of drug-likeness (QED) is 0.819. The molecular weight excluding hydrogens is 344 g/mol. The molecule has 24 heavy (non-hydrogen) atoms.